The van der Waals surface area contributed by atoms with Crippen molar-refractivity contribution in [1.82, 2.24) is 9.88 Å². The summed E-state index contributed by atoms with van der Waals surface area (Å²) in [5, 5.41) is 0.993. The third kappa shape index (κ3) is 3.77. The summed E-state index contributed by atoms with van der Waals surface area (Å²) in [5.41, 5.74) is 2.40. The van der Waals surface area contributed by atoms with Gasteiger partial charge in [0, 0.05) is 23.4 Å². The first-order valence-electron chi connectivity index (χ1n) is 13.3. The third-order valence-corrected chi connectivity index (χ3v) is 7.73. The topological polar surface area (TPSA) is 74.9 Å². The minimum atomic E-state index is -1.28. The lowest BCUT2D eigenvalue weighted by molar-refractivity contribution is -0.125. The SMILES string of the molecule is CCCOc1ccc(C2CN3C(=O)N(c4cccc(F)c4)C(=O)[C@]3(C)c3[nH]c4ccccc4c32)cc1OCC. The maximum atomic E-state index is 14.1. The van der Waals surface area contributed by atoms with E-state index < -0.39 is 23.3 Å². The van der Waals surface area contributed by atoms with E-state index in [1.165, 1.54) is 18.2 Å². The van der Waals surface area contributed by atoms with Gasteiger partial charge in [-0.15, -0.1) is 0 Å². The number of benzene rings is 3. The van der Waals surface area contributed by atoms with Crippen molar-refractivity contribution in [3.63, 3.8) is 0 Å². The summed E-state index contributed by atoms with van der Waals surface area (Å²) < 4.78 is 26.0. The highest BCUT2D eigenvalue weighted by molar-refractivity contribution is 6.23. The summed E-state index contributed by atoms with van der Waals surface area (Å²) in [6, 6.07) is 18.9. The van der Waals surface area contributed by atoms with Gasteiger partial charge in [-0.05, 0) is 67.8 Å². The van der Waals surface area contributed by atoms with Crippen LogP contribution in [0.2, 0.25) is 0 Å². The quantitative estimate of drug-likeness (QED) is 0.285. The van der Waals surface area contributed by atoms with Crippen LogP contribution in [-0.4, -0.2) is 41.6 Å². The largest absolute Gasteiger partial charge is 0.490 e. The number of carbonyl (C=O) groups excluding carboxylic acids is 2. The van der Waals surface area contributed by atoms with Crippen molar-refractivity contribution in [2.24, 2.45) is 0 Å². The van der Waals surface area contributed by atoms with Crippen LogP contribution in [0.3, 0.4) is 0 Å². The number of nitrogens with zero attached hydrogens (tertiary/aromatic N) is 2. The van der Waals surface area contributed by atoms with E-state index in [1.807, 2.05) is 56.3 Å². The molecule has 1 saturated heterocycles. The van der Waals surface area contributed by atoms with E-state index in [4.69, 9.17) is 9.47 Å². The first-order chi connectivity index (χ1) is 18.9. The zero-order chi connectivity index (χ0) is 27.3. The monoisotopic (exact) mass is 527 g/mol. The molecule has 200 valence electrons. The fourth-order valence-corrected chi connectivity index (χ4v) is 5.87. The van der Waals surface area contributed by atoms with Crippen molar-refractivity contribution in [3.8, 4) is 11.5 Å². The van der Waals surface area contributed by atoms with Gasteiger partial charge in [0.05, 0.1) is 24.6 Å². The molecule has 7 nitrogen and oxygen atoms in total. The van der Waals surface area contributed by atoms with Crippen LogP contribution in [0.25, 0.3) is 10.9 Å². The lowest BCUT2D eigenvalue weighted by atomic mass is 9.78. The first kappa shape index (κ1) is 25.0. The van der Waals surface area contributed by atoms with Crippen LogP contribution in [0.5, 0.6) is 11.5 Å². The zero-order valence-corrected chi connectivity index (χ0v) is 22.2. The molecular weight excluding hydrogens is 497 g/mol. The number of nitrogens with one attached hydrogen (secondary N) is 1. The van der Waals surface area contributed by atoms with Gasteiger partial charge < -0.3 is 19.4 Å². The first-order valence-corrected chi connectivity index (χ1v) is 13.3. The van der Waals surface area contributed by atoms with Crippen molar-refractivity contribution in [2.45, 2.75) is 38.6 Å². The Bertz CT molecular complexity index is 1600. The predicted octanol–water partition coefficient (Wildman–Crippen LogP) is 6.32. The number of ether oxygens (including phenoxy) is 2. The number of amides is 3. The number of hydrogen-bond acceptors (Lipinski definition) is 4. The molecular formula is C31H30FN3O4. The molecule has 4 aromatic rings. The second-order valence-electron chi connectivity index (χ2n) is 10.1. The fraction of sp³-hybridized carbons (Fsp3) is 0.290. The van der Waals surface area contributed by atoms with Gasteiger partial charge in [0.1, 0.15) is 5.82 Å². The Morgan fingerprint density at radius 1 is 1.00 bits per heavy atom. The molecule has 3 aromatic carbocycles. The molecule has 1 unspecified atom stereocenters. The van der Waals surface area contributed by atoms with Crippen molar-refractivity contribution < 1.29 is 23.5 Å². The van der Waals surface area contributed by atoms with E-state index in [9.17, 15) is 14.0 Å². The van der Waals surface area contributed by atoms with Gasteiger partial charge in [0.15, 0.2) is 17.0 Å². The molecule has 8 heteroatoms. The molecule has 2 atom stereocenters. The molecule has 0 aliphatic carbocycles. The highest BCUT2D eigenvalue weighted by Crippen LogP contribution is 2.51. The molecule has 2 aliphatic rings. The van der Waals surface area contributed by atoms with Crippen LogP contribution in [-0.2, 0) is 10.3 Å². The Hall–Kier alpha value is -4.33. The summed E-state index contributed by atoms with van der Waals surface area (Å²) in [7, 11) is 0. The van der Waals surface area contributed by atoms with Gasteiger partial charge in [-0.1, -0.05) is 37.3 Å². The number of rotatable bonds is 7. The smallest absolute Gasteiger partial charge is 0.332 e. The van der Waals surface area contributed by atoms with Crippen molar-refractivity contribution in [1.29, 1.82) is 0 Å². The number of halogens is 1. The van der Waals surface area contributed by atoms with Gasteiger partial charge in [-0.2, -0.15) is 0 Å². The average Bonchev–Trinajstić information content (AvgIpc) is 3.42. The van der Waals surface area contributed by atoms with E-state index in [-0.39, 0.29) is 18.2 Å². The number of fused-ring (bicyclic) bond motifs is 5. The summed E-state index contributed by atoms with van der Waals surface area (Å²) >= 11 is 0. The molecule has 39 heavy (non-hydrogen) atoms. The number of carbonyl (C=O) groups is 2. The molecule has 0 radical (unpaired) electrons. The lowest BCUT2D eigenvalue weighted by Gasteiger charge is -2.40. The highest BCUT2D eigenvalue weighted by Gasteiger charge is 2.60. The Kier molecular flexibility index (Phi) is 6.05. The molecule has 0 spiro atoms. The average molecular weight is 528 g/mol. The normalized spacial score (nSPS) is 20.4. The van der Waals surface area contributed by atoms with Gasteiger partial charge >= 0.3 is 6.03 Å². The minimum Gasteiger partial charge on any atom is -0.490 e. The lowest BCUT2D eigenvalue weighted by Crippen LogP contribution is -2.50. The highest BCUT2D eigenvalue weighted by atomic mass is 19.1. The van der Waals surface area contributed by atoms with Crippen LogP contribution in [0.1, 0.15) is 49.9 Å². The summed E-state index contributed by atoms with van der Waals surface area (Å²) in [6.07, 6.45) is 0.875. The van der Waals surface area contributed by atoms with E-state index in [1.54, 1.807) is 17.9 Å². The Morgan fingerprint density at radius 3 is 2.59 bits per heavy atom. The van der Waals surface area contributed by atoms with Gasteiger partial charge in [-0.3, -0.25) is 4.79 Å². The second-order valence-corrected chi connectivity index (χ2v) is 10.1. The molecule has 3 amide bonds. The van der Waals surface area contributed by atoms with Crippen LogP contribution in [0.4, 0.5) is 14.9 Å². The van der Waals surface area contributed by atoms with Crippen LogP contribution >= 0.6 is 0 Å². The molecule has 2 aliphatic heterocycles. The fourth-order valence-electron chi connectivity index (χ4n) is 5.87. The molecule has 1 N–H and O–H groups in total. The molecule has 1 fully saturated rings. The van der Waals surface area contributed by atoms with Gasteiger partial charge in [0.25, 0.3) is 5.91 Å². The van der Waals surface area contributed by atoms with E-state index in [2.05, 4.69) is 4.98 Å². The Labute approximate surface area is 226 Å². The van der Waals surface area contributed by atoms with Gasteiger partial charge in [-0.25, -0.2) is 14.1 Å². The number of urea groups is 1. The number of imide groups is 1. The number of para-hydroxylation sites is 1. The number of anilines is 1. The second kappa shape index (κ2) is 9.45. The van der Waals surface area contributed by atoms with E-state index in [0.717, 1.165) is 33.4 Å². The van der Waals surface area contributed by atoms with Gasteiger partial charge in [0.2, 0.25) is 0 Å². The Balaban J connectivity index is 1.52. The summed E-state index contributed by atoms with van der Waals surface area (Å²) in [6.45, 7) is 7.07. The van der Waals surface area contributed by atoms with Crippen molar-refractivity contribution in [3.05, 3.63) is 89.4 Å². The molecule has 6 rings (SSSR count). The van der Waals surface area contributed by atoms with Crippen LogP contribution < -0.4 is 14.4 Å². The zero-order valence-electron chi connectivity index (χ0n) is 22.2. The summed E-state index contributed by atoms with van der Waals surface area (Å²) in [4.78, 5) is 34.1. The van der Waals surface area contributed by atoms with Crippen molar-refractivity contribution in [2.75, 3.05) is 24.7 Å². The number of H-pyrrole nitrogens is 1. The number of aromatic amines is 1. The molecule has 1 aromatic heterocycles. The Morgan fingerprint density at radius 2 is 1.82 bits per heavy atom. The van der Waals surface area contributed by atoms with Crippen molar-refractivity contribution >= 4 is 28.5 Å². The molecule has 3 heterocycles. The number of hydrogen-bond donors (Lipinski definition) is 1. The van der Waals surface area contributed by atoms with Crippen LogP contribution in [0.15, 0.2) is 66.7 Å². The number of aromatic nitrogens is 1. The standard InChI is InChI=1S/C31H30FN3O4/c1-4-15-39-25-14-13-19(16-26(25)38-5-2)23-18-34-30(37)35(21-10-8-9-20(32)17-21)29(36)31(34,3)28-27(23)22-11-6-7-12-24(22)33-28/h6-14,16-17,23,33H,4-5,15,18H2,1-3H3/t23?,31-/m0/s1. The molecule has 0 saturated carbocycles. The maximum absolute atomic E-state index is 14.1. The van der Waals surface area contributed by atoms with E-state index >= 15 is 0 Å². The maximum Gasteiger partial charge on any atom is 0.332 e. The molecule has 0 bridgehead atoms. The minimum absolute atomic E-state index is 0.214. The predicted molar refractivity (Wildman–Crippen MR) is 147 cm³/mol. The third-order valence-electron chi connectivity index (χ3n) is 7.73. The van der Waals surface area contributed by atoms with E-state index in [0.29, 0.717) is 30.4 Å². The summed E-state index contributed by atoms with van der Waals surface area (Å²) in [5.74, 6) is 0.145. The van der Waals surface area contributed by atoms with Crippen LogP contribution in [0, 0.1) is 5.82 Å².